The highest BCUT2D eigenvalue weighted by Crippen LogP contribution is 2.32. The van der Waals surface area contributed by atoms with Gasteiger partial charge >= 0.3 is 0 Å². The lowest BCUT2D eigenvalue weighted by Crippen LogP contribution is -2.08. The fourth-order valence-electron chi connectivity index (χ4n) is 1.82. The molecule has 4 nitrogen and oxygen atoms in total. The summed E-state index contributed by atoms with van der Waals surface area (Å²) in [4.78, 5) is 19.9. The highest BCUT2D eigenvalue weighted by Gasteiger charge is 2.07. The lowest BCUT2D eigenvalue weighted by Gasteiger charge is -2.05. The van der Waals surface area contributed by atoms with Crippen molar-refractivity contribution in [1.82, 2.24) is 9.97 Å². The predicted molar refractivity (Wildman–Crippen MR) is 82.4 cm³/mol. The summed E-state index contributed by atoms with van der Waals surface area (Å²) in [7, 11) is 0. The summed E-state index contributed by atoms with van der Waals surface area (Å²) in [5.74, 6) is 0. The average molecular weight is 304 g/mol. The van der Waals surface area contributed by atoms with E-state index in [2.05, 4.69) is 9.97 Å². The minimum absolute atomic E-state index is 0.162. The number of H-pyrrole nitrogens is 1. The number of hydrogen-bond acceptors (Lipinski definition) is 4. The van der Waals surface area contributed by atoms with E-state index in [1.54, 1.807) is 30.3 Å². The highest BCUT2D eigenvalue weighted by molar-refractivity contribution is 7.99. The number of anilines is 1. The number of rotatable bonds is 2. The zero-order valence-electron chi connectivity index (χ0n) is 10.3. The summed E-state index contributed by atoms with van der Waals surface area (Å²) >= 11 is 7.41. The van der Waals surface area contributed by atoms with Crippen molar-refractivity contribution in [1.29, 1.82) is 0 Å². The molecule has 0 atom stereocenters. The molecule has 3 N–H and O–H groups in total. The Bertz CT molecular complexity index is 847. The molecule has 0 saturated heterocycles. The molecule has 1 aromatic heterocycles. The minimum atomic E-state index is -0.162. The second-order valence-electron chi connectivity index (χ2n) is 4.18. The molecule has 0 amide bonds. The van der Waals surface area contributed by atoms with Gasteiger partial charge in [-0.2, -0.15) is 0 Å². The van der Waals surface area contributed by atoms with E-state index in [4.69, 9.17) is 17.3 Å². The van der Waals surface area contributed by atoms with Gasteiger partial charge in [0.1, 0.15) is 0 Å². The first-order valence-electron chi connectivity index (χ1n) is 5.85. The van der Waals surface area contributed by atoms with Gasteiger partial charge < -0.3 is 10.7 Å². The Morgan fingerprint density at radius 3 is 2.80 bits per heavy atom. The molecule has 100 valence electrons. The Balaban J connectivity index is 2.05. The summed E-state index contributed by atoms with van der Waals surface area (Å²) < 4.78 is 0. The Morgan fingerprint density at radius 2 is 2.00 bits per heavy atom. The fourth-order valence-corrected chi connectivity index (χ4v) is 2.91. The number of benzene rings is 2. The van der Waals surface area contributed by atoms with Gasteiger partial charge in [-0.15, -0.1) is 0 Å². The van der Waals surface area contributed by atoms with E-state index in [1.165, 1.54) is 11.8 Å². The number of aromatic nitrogens is 2. The Hall–Kier alpha value is -1.98. The molecule has 0 aliphatic carbocycles. The number of halogens is 1. The Kier molecular flexibility index (Phi) is 3.38. The van der Waals surface area contributed by atoms with Gasteiger partial charge in [0, 0.05) is 10.6 Å². The maximum atomic E-state index is 12.0. The molecule has 3 rings (SSSR count). The third-order valence-corrected chi connectivity index (χ3v) is 4.14. The first-order chi connectivity index (χ1) is 9.63. The molecule has 0 spiro atoms. The number of aromatic amines is 1. The van der Waals surface area contributed by atoms with Gasteiger partial charge in [-0.3, -0.25) is 4.79 Å². The van der Waals surface area contributed by atoms with Gasteiger partial charge in [0.2, 0.25) is 0 Å². The van der Waals surface area contributed by atoms with E-state index < -0.39 is 0 Å². The number of para-hydroxylation sites is 1. The van der Waals surface area contributed by atoms with E-state index in [0.717, 1.165) is 4.90 Å². The van der Waals surface area contributed by atoms with Crippen LogP contribution in [0.4, 0.5) is 5.69 Å². The second-order valence-corrected chi connectivity index (χ2v) is 5.62. The van der Waals surface area contributed by atoms with Crippen LogP contribution >= 0.6 is 23.4 Å². The van der Waals surface area contributed by atoms with Crippen molar-refractivity contribution in [3.05, 3.63) is 57.8 Å². The van der Waals surface area contributed by atoms with Gasteiger partial charge in [0.25, 0.3) is 5.56 Å². The largest absolute Gasteiger partial charge is 0.399 e. The van der Waals surface area contributed by atoms with Crippen molar-refractivity contribution < 1.29 is 0 Å². The van der Waals surface area contributed by atoms with Crippen LogP contribution in [0.2, 0.25) is 5.02 Å². The SMILES string of the molecule is Nc1ccc(Sc2nc3ccccc3c(=O)[nH]2)c(Cl)c1. The van der Waals surface area contributed by atoms with E-state index in [-0.39, 0.29) is 5.56 Å². The Morgan fingerprint density at radius 1 is 1.20 bits per heavy atom. The van der Waals surface area contributed by atoms with E-state index in [9.17, 15) is 4.79 Å². The van der Waals surface area contributed by atoms with Crippen LogP contribution in [0, 0.1) is 0 Å². The van der Waals surface area contributed by atoms with Gasteiger partial charge in [0.05, 0.1) is 15.9 Å². The smallest absolute Gasteiger partial charge is 0.259 e. The lowest BCUT2D eigenvalue weighted by atomic mass is 10.2. The zero-order chi connectivity index (χ0) is 14.1. The number of nitrogens with zero attached hydrogens (tertiary/aromatic N) is 1. The number of nitrogens with two attached hydrogens (primary N) is 1. The fraction of sp³-hybridized carbons (Fsp3) is 0. The van der Waals surface area contributed by atoms with Crippen LogP contribution in [0.5, 0.6) is 0 Å². The maximum absolute atomic E-state index is 12.0. The van der Waals surface area contributed by atoms with Crippen LogP contribution in [0.25, 0.3) is 10.9 Å². The number of nitrogen functional groups attached to an aromatic ring is 1. The van der Waals surface area contributed by atoms with Crippen LogP contribution in [0.15, 0.2) is 57.3 Å². The maximum Gasteiger partial charge on any atom is 0.259 e. The van der Waals surface area contributed by atoms with Crippen molar-refractivity contribution in [2.45, 2.75) is 10.1 Å². The molecule has 0 aliphatic rings. The van der Waals surface area contributed by atoms with Gasteiger partial charge in [-0.1, -0.05) is 35.5 Å². The standard InChI is InChI=1S/C14H10ClN3OS/c15-10-7-8(16)5-6-12(10)20-14-17-11-4-2-1-3-9(11)13(19)18-14/h1-7H,16H2,(H,17,18,19). The molecule has 3 aromatic rings. The van der Waals surface area contributed by atoms with E-state index in [0.29, 0.717) is 26.8 Å². The molecular formula is C14H10ClN3OS. The normalized spacial score (nSPS) is 10.8. The van der Waals surface area contributed by atoms with Crippen molar-refractivity contribution in [3.8, 4) is 0 Å². The Labute approximate surface area is 124 Å². The van der Waals surface area contributed by atoms with Crippen molar-refractivity contribution in [2.75, 3.05) is 5.73 Å². The zero-order valence-corrected chi connectivity index (χ0v) is 11.8. The third-order valence-electron chi connectivity index (χ3n) is 2.75. The molecule has 0 bridgehead atoms. The van der Waals surface area contributed by atoms with Crippen molar-refractivity contribution >= 4 is 40.0 Å². The van der Waals surface area contributed by atoms with Crippen LogP contribution in [-0.4, -0.2) is 9.97 Å². The molecule has 0 unspecified atom stereocenters. The lowest BCUT2D eigenvalue weighted by molar-refractivity contribution is 0.974. The predicted octanol–water partition coefficient (Wildman–Crippen LogP) is 3.31. The third kappa shape index (κ3) is 2.50. The monoisotopic (exact) mass is 303 g/mol. The highest BCUT2D eigenvalue weighted by atomic mass is 35.5. The molecule has 1 heterocycles. The molecule has 20 heavy (non-hydrogen) atoms. The number of nitrogens with one attached hydrogen (secondary N) is 1. The summed E-state index contributed by atoms with van der Waals surface area (Å²) in [5.41, 5.74) is 6.74. The van der Waals surface area contributed by atoms with Crippen LogP contribution in [-0.2, 0) is 0 Å². The summed E-state index contributed by atoms with van der Waals surface area (Å²) in [6.07, 6.45) is 0. The summed E-state index contributed by atoms with van der Waals surface area (Å²) in [5, 5.41) is 1.60. The molecule has 0 fully saturated rings. The first kappa shape index (κ1) is 13.0. The van der Waals surface area contributed by atoms with Crippen molar-refractivity contribution in [2.24, 2.45) is 0 Å². The van der Waals surface area contributed by atoms with Gasteiger partial charge in [-0.25, -0.2) is 4.98 Å². The quantitative estimate of drug-likeness (QED) is 0.563. The van der Waals surface area contributed by atoms with E-state index >= 15 is 0 Å². The molecule has 0 radical (unpaired) electrons. The molecule has 0 aliphatic heterocycles. The summed E-state index contributed by atoms with van der Waals surface area (Å²) in [6, 6.07) is 12.4. The minimum Gasteiger partial charge on any atom is -0.399 e. The second kappa shape index (κ2) is 5.19. The summed E-state index contributed by atoms with van der Waals surface area (Å²) in [6.45, 7) is 0. The topological polar surface area (TPSA) is 71.8 Å². The number of fused-ring (bicyclic) bond motifs is 1. The first-order valence-corrected chi connectivity index (χ1v) is 7.05. The molecule has 0 saturated carbocycles. The van der Waals surface area contributed by atoms with Crippen LogP contribution < -0.4 is 11.3 Å². The molecular weight excluding hydrogens is 294 g/mol. The van der Waals surface area contributed by atoms with Gasteiger partial charge in [0.15, 0.2) is 5.16 Å². The molecule has 2 aromatic carbocycles. The molecule has 6 heteroatoms. The van der Waals surface area contributed by atoms with Crippen LogP contribution in [0.3, 0.4) is 0 Å². The van der Waals surface area contributed by atoms with Crippen LogP contribution in [0.1, 0.15) is 0 Å². The number of hydrogen-bond donors (Lipinski definition) is 2. The average Bonchev–Trinajstić information content (AvgIpc) is 2.42. The van der Waals surface area contributed by atoms with Gasteiger partial charge in [-0.05, 0) is 30.3 Å². The van der Waals surface area contributed by atoms with E-state index in [1.807, 2.05) is 12.1 Å². The van der Waals surface area contributed by atoms with Crippen molar-refractivity contribution in [3.63, 3.8) is 0 Å².